The number of hydrogen-bond acceptors (Lipinski definition) is 2. The molecule has 1 fully saturated rings. The van der Waals surface area contributed by atoms with Crippen LogP contribution in [0.15, 0.2) is 17.5 Å². The fourth-order valence-electron chi connectivity index (χ4n) is 2.01. The highest BCUT2D eigenvalue weighted by Crippen LogP contribution is 2.33. The van der Waals surface area contributed by atoms with E-state index in [1.807, 2.05) is 11.3 Å². The lowest BCUT2D eigenvalue weighted by Gasteiger charge is -2.22. The zero-order chi connectivity index (χ0) is 9.10. The zero-order valence-electron chi connectivity index (χ0n) is 7.58. The molecule has 0 aromatic carbocycles. The zero-order valence-corrected chi connectivity index (χ0v) is 10.6. The van der Waals surface area contributed by atoms with Gasteiger partial charge in [0.05, 0.1) is 0 Å². The summed E-state index contributed by atoms with van der Waals surface area (Å²) in [5.74, 6) is 0. The number of rotatable bonds is 3. The Kier molecular flexibility index (Phi) is 3.63. The molecule has 1 nitrogen and oxygen atoms in total. The van der Waals surface area contributed by atoms with Crippen LogP contribution in [0.2, 0.25) is 0 Å². The predicted octanol–water partition coefficient (Wildman–Crippen LogP) is 3.32. The maximum atomic E-state index is 2.62. The molecule has 1 aliphatic rings. The third kappa shape index (κ3) is 2.25. The van der Waals surface area contributed by atoms with Gasteiger partial charge in [0.25, 0.3) is 0 Å². The van der Waals surface area contributed by atoms with Crippen molar-refractivity contribution in [1.82, 2.24) is 4.90 Å². The topological polar surface area (TPSA) is 3.24 Å². The van der Waals surface area contributed by atoms with Crippen LogP contribution in [0.4, 0.5) is 0 Å². The minimum Gasteiger partial charge on any atom is -0.295 e. The van der Waals surface area contributed by atoms with Crippen LogP contribution in [-0.4, -0.2) is 22.4 Å². The van der Waals surface area contributed by atoms with Crippen LogP contribution >= 0.6 is 33.9 Å². The summed E-state index contributed by atoms with van der Waals surface area (Å²) in [5.41, 5.74) is 0. The Bertz CT molecular complexity index is 247. The summed E-state index contributed by atoms with van der Waals surface area (Å²) >= 11 is 4.37. The van der Waals surface area contributed by atoms with Gasteiger partial charge in [0.2, 0.25) is 0 Å². The third-order valence-corrected chi connectivity index (χ3v) is 4.06. The van der Waals surface area contributed by atoms with Crippen LogP contribution in [0, 0.1) is 0 Å². The average molecular weight is 307 g/mol. The molecule has 2 heterocycles. The molecule has 0 radical (unpaired) electrons. The van der Waals surface area contributed by atoms with Gasteiger partial charge in [-0.2, -0.15) is 0 Å². The summed E-state index contributed by atoms with van der Waals surface area (Å²) in [6.45, 7) is 2.55. The van der Waals surface area contributed by atoms with Crippen molar-refractivity contribution in [3.63, 3.8) is 0 Å². The number of hydrogen-bond donors (Lipinski definition) is 0. The number of alkyl halides is 1. The first-order chi connectivity index (χ1) is 6.42. The standard InChI is InChI=1S/C10H14INS/c11-5-7-12-6-1-3-9(12)10-4-2-8-13-10/h2,4,8-9H,1,3,5-7H2. The van der Waals surface area contributed by atoms with Gasteiger partial charge in [-0.3, -0.25) is 4.90 Å². The molecular formula is C10H14INS. The van der Waals surface area contributed by atoms with Gasteiger partial charge in [0, 0.05) is 21.9 Å². The van der Waals surface area contributed by atoms with Crippen molar-refractivity contribution in [3.05, 3.63) is 22.4 Å². The minimum absolute atomic E-state index is 0.731. The van der Waals surface area contributed by atoms with Gasteiger partial charge in [-0.15, -0.1) is 11.3 Å². The van der Waals surface area contributed by atoms with Crippen molar-refractivity contribution in [2.75, 3.05) is 17.5 Å². The van der Waals surface area contributed by atoms with E-state index in [0.717, 1.165) is 6.04 Å². The summed E-state index contributed by atoms with van der Waals surface area (Å²) in [4.78, 5) is 4.18. The second-order valence-corrected chi connectivity index (χ2v) is 5.46. The minimum atomic E-state index is 0.731. The van der Waals surface area contributed by atoms with Gasteiger partial charge >= 0.3 is 0 Å². The van der Waals surface area contributed by atoms with E-state index in [9.17, 15) is 0 Å². The van der Waals surface area contributed by atoms with E-state index in [-0.39, 0.29) is 0 Å². The third-order valence-electron chi connectivity index (χ3n) is 2.61. The smallest absolute Gasteiger partial charge is 0.0442 e. The van der Waals surface area contributed by atoms with Gasteiger partial charge in [0.15, 0.2) is 0 Å². The average Bonchev–Trinajstić information content (AvgIpc) is 2.71. The van der Waals surface area contributed by atoms with Crippen LogP contribution in [-0.2, 0) is 0 Å². The molecule has 3 heteroatoms. The molecule has 1 unspecified atom stereocenters. The molecule has 13 heavy (non-hydrogen) atoms. The van der Waals surface area contributed by atoms with Crippen LogP contribution in [0.5, 0.6) is 0 Å². The van der Waals surface area contributed by atoms with E-state index >= 15 is 0 Å². The molecule has 0 spiro atoms. The maximum absolute atomic E-state index is 2.62. The SMILES string of the molecule is ICCN1CCCC1c1cccs1. The van der Waals surface area contributed by atoms with Gasteiger partial charge < -0.3 is 0 Å². The summed E-state index contributed by atoms with van der Waals surface area (Å²) in [6.07, 6.45) is 2.73. The molecule has 1 saturated heterocycles. The van der Waals surface area contributed by atoms with Gasteiger partial charge in [-0.05, 0) is 30.8 Å². The largest absolute Gasteiger partial charge is 0.295 e. The second-order valence-electron chi connectivity index (χ2n) is 3.40. The number of nitrogens with zero attached hydrogens (tertiary/aromatic N) is 1. The van der Waals surface area contributed by atoms with Crippen molar-refractivity contribution in [3.8, 4) is 0 Å². The molecule has 0 aliphatic carbocycles. The lowest BCUT2D eigenvalue weighted by Crippen LogP contribution is -2.24. The highest BCUT2D eigenvalue weighted by molar-refractivity contribution is 14.1. The Labute approximate surface area is 97.3 Å². The first kappa shape index (κ1) is 9.93. The normalized spacial score (nSPS) is 23.9. The molecule has 72 valence electrons. The van der Waals surface area contributed by atoms with E-state index in [1.165, 1.54) is 30.4 Å². The van der Waals surface area contributed by atoms with Gasteiger partial charge in [-0.1, -0.05) is 28.7 Å². The lowest BCUT2D eigenvalue weighted by atomic mass is 10.2. The Balaban J connectivity index is 2.05. The van der Waals surface area contributed by atoms with Gasteiger partial charge in [0.1, 0.15) is 0 Å². The Morgan fingerprint density at radius 1 is 1.62 bits per heavy atom. The Morgan fingerprint density at radius 2 is 2.54 bits per heavy atom. The summed E-state index contributed by atoms with van der Waals surface area (Å²) in [6, 6.07) is 5.18. The molecule has 0 bridgehead atoms. The van der Waals surface area contributed by atoms with Crippen molar-refractivity contribution >= 4 is 33.9 Å². The van der Waals surface area contributed by atoms with Crippen molar-refractivity contribution in [2.45, 2.75) is 18.9 Å². The molecule has 0 N–H and O–H groups in total. The highest BCUT2D eigenvalue weighted by Gasteiger charge is 2.25. The second kappa shape index (κ2) is 4.75. The van der Waals surface area contributed by atoms with E-state index < -0.39 is 0 Å². The molecule has 1 aromatic rings. The van der Waals surface area contributed by atoms with Gasteiger partial charge in [-0.25, -0.2) is 0 Å². The Morgan fingerprint density at radius 3 is 3.23 bits per heavy atom. The first-order valence-corrected chi connectivity index (χ1v) is 7.16. The van der Waals surface area contributed by atoms with E-state index in [0.29, 0.717) is 0 Å². The van der Waals surface area contributed by atoms with Crippen LogP contribution in [0.1, 0.15) is 23.8 Å². The quantitative estimate of drug-likeness (QED) is 0.612. The fourth-order valence-corrected chi connectivity index (χ4v) is 3.52. The molecule has 2 rings (SSSR count). The lowest BCUT2D eigenvalue weighted by molar-refractivity contribution is 0.279. The molecular weight excluding hydrogens is 293 g/mol. The first-order valence-electron chi connectivity index (χ1n) is 4.75. The molecule has 1 aliphatic heterocycles. The molecule has 0 saturated carbocycles. The summed E-state index contributed by atoms with van der Waals surface area (Å²) in [5, 5.41) is 2.19. The van der Waals surface area contributed by atoms with E-state index in [2.05, 4.69) is 45.0 Å². The number of likely N-dealkylation sites (tertiary alicyclic amines) is 1. The van der Waals surface area contributed by atoms with Crippen molar-refractivity contribution < 1.29 is 0 Å². The van der Waals surface area contributed by atoms with Crippen LogP contribution < -0.4 is 0 Å². The monoisotopic (exact) mass is 307 g/mol. The van der Waals surface area contributed by atoms with Crippen LogP contribution in [0.25, 0.3) is 0 Å². The number of thiophene rings is 1. The van der Waals surface area contributed by atoms with E-state index in [4.69, 9.17) is 0 Å². The molecule has 1 aromatic heterocycles. The highest BCUT2D eigenvalue weighted by atomic mass is 127. The van der Waals surface area contributed by atoms with Crippen molar-refractivity contribution in [2.24, 2.45) is 0 Å². The van der Waals surface area contributed by atoms with Crippen LogP contribution in [0.3, 0.4) is 0 Å². The Hall–Kier alpha value is 0.390. The van der Waals surface area contributed by atoms with E-state index in [1.54, 1.807) is 4.88 Å². The fraction of sp³-hybridized carbons (Fsp3) is 0.600. The summed E-state index contributed by atoms with van der Waals surface area (Å²) < 4.78 is 1.25. The van der Waals surface area contributed by atoms with Crippen molar-refractivity contribution in [1.29, 1.82) is 0 Å². The maximum Gasteiger partial charge on any atom is 0.0442 e. The molecule has 1 atom stereocenters. The predicted molar refractivity (Wildman–Crippen MR) is 66.8 cm³/mol. The number of halogens is 1. The molecule has 0 amide bonds. The summed E-state index contributed by atoms with van der Waals surface area (Å²) in [7, 11) is 0.